The number of nitrogens with zero attached hydrogens (tertiary/aromatic N) is 2. The Morgan fingerprint density at radius 2 is 2.25 bits per heavy atom. The predicted molar refractivity (Wildman–Crippen MR) is 63.7 cm³/mol. The molecule has 0 aliphatic carbocycles. The molecule has 0 aliphatic rings. The first-order valence-corrected chi connectivity index (χ1v) is 5.94. The summed E-state index contributed by atoms with van der Waals surface area (Å²) in [5.74, 6) is 0. The van der Waals surface area contributed by atoms with Gasteiger partial charge in [-0.3, -0.25) is 4.68 Å². The largest absolute Gasteiger partial charge is 0.384 e. The second-order valence-electron chi connectivity index (χ2n) is 4.01. The molecule has 1 atom stereocenters. The van der Waals surface area contributed by atoms with Crippen molar-refractivity contribution in [3.05, 3.63) is 16.9 Å². The molecule has 16 heavy (non-hydrogen) atoms. The van der Waals surface area contributed by atoms with E-state index in [0.717, 1.165) is 6.42 Å². The lowest BCUT2D eigenvalue weighted by Crippen LogP contribution is -2.15. The number of halogens is 1. The third-order valence-electron chi connectivity index (χ3n) is 2.22. The van der Waals surface area contributed by atoms with Gasteiger partial charge in [-0.25, -0.2) is 0 Å². The molecule has 1 rings (SSSR count). The van der Waals surface area contributed by atoms with Crippen LogP contribution in [0.25, 0.3) is 0 Å². The first kappa shape index (κ1) is 13.5. The standard InChI is InChI=1S/C11H19ClN2O2/c1-4-5-16-7-10(15)11-9(12)6-13-14(11)8(2)3/h6,8,10,15H,4-5,7H2,1-3H3. The number of aliphatic hydroxyl groups excluding tert-OH is 1. The number of hydrogen-bond donors (Lipinski definition) is 1. The molecule has 1 aromatic rings. The highest BCUT2D eigenvalue weighted by molar-refractivity contribution is 6.31. The molecule has 0 aromatic carbocycles. The van der Waals surface area contributed by atoms with Gasteiger partial charge in [-0.05, 0) is 20.3 Å². The molecule has 0 amide bonds. The molecule has 0 saturated carbocycles. The van der Waals surface area contributed by atoms with Gasteiger partial charge in [-0.1, -0.05) is 18.5 Å². The molecular weight excluding hydrogens is 228 g/mol. The smallest absolute Gasteiger partial charge is 0.120 e. The summed E-state index contributed by atoms with van der Waals surface area (Å²) in [5, 5.41) is 14.6. The average Bonchev–Trinajstić information content (AvgIpc) is 2.60. The van der Waals surface area contributed by atoms with E-state index in [0.29, 0.717) is 17.3 Å². The van der Waals surface area contributed by atoms with Gasteiger partial charge in [0.25, 0.3) is 0 Å². The Hall–Kier alpha value is -0.580. The molecule has 1 heterocycles. The molecule has 1 aromatic heterocycles. The van der Waals surface area contributed by atoms with Crippen molar-refractivity contribution < 1.29 is 9.84 Å². The second kappa shape index (κ2) is 6.23. The Balaban J connectivity index is 2.73. The van der Waals surface area contributed by atoms with Crippen LogP contribution < -0.4 is 0 Å². The van der Waals surface area contributed by atoms with E-state index < -0.39 is 6.10 Å². The van der Waals surface area contributed by atoms with Gasteiger partial charge in [0.15, 0.2) is 0 Å². The summed E-state index contributed by atoms with van der Waals surface area (Å²) < 4.78 is 7.03. The van der Waals surface area contributed by atoms with E-state index in [9.17, 15) is 5.11 Å². The molecule has 0 fully saturated rings. The van der Waals surface area contributed by atoms with Gasteiger partial charge in [0.05, 0.1) is 23.5 Å². The lowest BCUT2D eigenvalue weighted by molar-refractivity contribution is 0.0313. The lowest BCUT2D eigenvalue weighted by atomic mass is 10.2. The molecule has 0 saturated heterocycles. The van der Waals surface area contributed by atoms with Crippen molar-refractivity contribution in [2.75, 3.05) is 13.2 Å². The predicted octanol–water partition coefficient (Wildman–Crippen LogP) is 2.58. The summed E-state index contributed by atoms with van der Waals surface area (Å²) in [7, 11) is 0. The van der Waals surface area contributed by atoms with Gasteiger partial charge in [0.2, 0.25) is 0 Å². The topological polar surface area (TPSA) is 47.3 Å². The zero-order valence-corrected chi connectivity index (χ0v) is 10.7. The minimum atomic E-state index is -0.719. The van der Waals surface area contributed by atoms with Gasteiger partial charge in [-0.2, -0.15) is 5.10 Å². The van der Waals surface area contributed by atoms with Crippen LogP contribution in [0, 0.1) is 0 Å². The van der Waals surface area contributed by atoms with E-state index in [1.165, 1.54) is 0 Å². The van der Waals surface area contributed by atoms with E-state index in [2.05, 4.69) is 5.10 Å². The van der Waals surface area contributed by atoms with Crippen molar-refractivity contribution in [1.29, 1.82) is 0 Å². The van der Waals surface area contributed by atoms with Gasteiger partial charge < -0.3 is 9.84 Å². The highest BCUT2D eigenvalue weighted by Gasteiger charge is 2.19. The monoisotopic (exact) mass is 246 g/mol. The number of rotatable bonds is 6. The van der Waals surface area contributed by atoms with Crippen LogP contribution in [-0.4, -0.2) is 28.1 Å². The number of ether oxygens (including phenoxy) is 1. The SMILES string of the molecule is CCCOCC(O)c1c(Cl)cnn1C(C)C. The maximum atomic E-state index is 9.98. The first-order valence-electron chi connectivity index (χ1n) is 5.56. The summed E-state index contributed by atoms with van der Waals surface area (Å²) in [6, 6.07) is 0.170. The van der Waals surface area contributed by atoms with Crippen LogP contribution in [0.3, 0.4) is 0 Å². The number of aromatic nitrogens is 2. The third-order valence-corrected chi connectivity index (χ3v) is 2.51. The highest BCUT2D eigenvalue weighted by atomic mass is 35.5. The second-order valence-corrected chi connectivity index (χ2v) is 4.41. The summed E-state index contributed by atoms with van der Waals surface area (Å²) >= 11 is 6.00. The van der Waals surface area contributed by atoms with Crippen LogP contribution >= 0.6 is 11.6 Å². The summed E-state index contributed by atoms with van der Waals surface area (Å²) in [4.78, 5) is 0. The average molecular weight is 247 g/mol. The van der Waals surface area contributed by atoms with Gasteiger partial charge in [0, 0.05) is 12.6 Å². The van der Waals surface area contributed by atoms with E-state index in [1.54, 1.807) is 10.9 Å². The highest BCUT2D eigenvalue weighted by Crippen LogP contribution is 2.25. The Labute approximate surface area is 101 Å². The van der Waals surface area contributed by atoms with E-state index in [1.807, 2.05) is 20.8 Å². The zero-order valence-electron chi connectivity index (χ0n) is 9.98. The molecular formula is C11H19ClN2O2. The third kappa shape index (κ3) is 3.20. The minimum Gasteiger partial charge on any atom is -0.384 e. The first-order chi connectivity index (χ1) is 7.57. The zero-order chi connectivity index (χ0) is 12.1. The van der Waals surface area contributed by atoms with Gasteiger partial charge in [0.1, 0.15) is 6.10 Å². The van der Waals surface area contributed by atoms with E-state index in [4.69, 9.17) is 16.3 Å². The number of aliphatic hydroxyl groups is 1. The molecule has 0 spiro atoms. The van der Waals surface area contributed by atoms with Crippen LogP contribution in [-0.2, 0) is 4.74 Å². The molecule has 0 bridgehead atoms. The van der Waals surface area contributed by atoms with Crippen molar-refractivity contribution in [1.82, 2.24) is 9.78 Å². The molecule has 1 N–H and O–H groups in total. The van der Waals surface area contributed by atoms with Crippen molar-refractivity contribution in [3.63, 3.8) is 0 Å². The fourth-order valence-electron chi connectivity index (χ4n) is 1.49. The summed E-state index contributed by atoms with van der Waals surface area (Å²) in [5.41, 5.74) is 0.632. The summed E-state index contributed by atoms with van der Waals surface area (Å²) in [6.07, 6.45) is 1.77. The Bertz CT molecular complexity index is 326. The maximum Gasteiger partial charge on any atom is 0.120 e. The minimum absolute atomic E-state index is 0.170. The number of hydrogen-bond acceptors (Lipinski definition) is 3. The molecule has 92 valence electrons. The van der Waals surface area contributed by atoms with Crippen molar-refractivity contribution >= 4 is 11.6 Å². The maximum absolute atomic E-state index is 9.98. The van der Waals surface area contributed by atoms with Gasteiger partial charge in [-0.15, -0.1) is 0 Å². The quantitative estimate of drug-likeness (QED) is 0.785. The molecule has 0 aliphatic heterocycles. The van der Waals surface area contributed by atoms with Crippen LogP contribution in [0.1, 0.15) is 45.0 Å². The molecule has 4 nitrogen and oxygen atoms in total. The normalized spacial score (nSPS) is 13.4. The van der Waals surface area contributed by atoms with E-state index in [-0.39, 0.29) is 12.6 Å². The molecule has 0 radical (unpaired) electrons. The Morgan fingerprint density at radius 1 is 1.56 bits per heavy atom. The molecule has 5 heteroatoms. The van der Waals surface area contributed by atoms with Crippen molar-refractivity contribution in [2.45, 2.75) is 39.3 Å². The van der Waals surface area contributed by atoms with Crippen LogP contribution in [0.2, 0.25) is 5.02 Å². The Morgan fingerprint density at radius 3 is 2.81 bits per heavy atom. The summed E-state index contributed by atoms with van der Waals surface area (Å²) in [6.45, 7) is 6.91. The van der Waals surface area contributed by atoms with Crippen LogP contribution in [0.15, 0.2) is 6.20 Å². The fraction of sp³-hybridized carbons (Fsp3) is 0.727. The fourth-order valence-corrected chi connectivity index (χ4v) is 1.75. The van der Waals surface area contributed by atoms with Crippen LogP contribution in [0.4, 0.5) is 0 Å². The van der Waals surface area contributed by atoms with E-state index >= 15 is 0 Å². The van der Waals surface area contributed by atoms with Crippen LogP contribution in [0.5, 0.6) is 0 Å². The van der Waals surface area contributed by atoms with Gasteiger partial charge >= 0.3 is 0 Å². The molecule has 1 unspecified atom stereocenters. The Kier molecular flexibility index (Phi) is 5.25. The van der Waals surface area contributed by atoms with Crippen molar-refractivity contribution in [3.8, 4) is 0 Å². The lowest BCUT2D eigenvalue weighted by Gasteiger charge is -2.16. The van der Waals surface area contributed by atoms with Crippen molar-refractivity contribution in [2.24, 2.45) is 0 Å².